The van der Waals surface area contributed by atoms with Crippen LogP contribution in [0.3, 0.4) is 0 Å². The fourth-order valence-electron chi connectivity index (χ4n) is 12.3. The molecule has 0 radical (unpaired) electrons. The second kappa shape index (κ2) is 30.6. The number of hydrogen-bond donors (Lipinski definition) is 7. The number of piperidine rings is 1. The SMILES string of the molecule is CCC(=O)OCOC(=O)N[C@@H](Cc1ccc(OCCCC(C=O)P(=O)(O)O)cc1)C(=O)N(C)CC(=O)O[C@@H]1[C@@H](C)[C@@H](O)[C@@H](C)[C@H](C)[C@H](C)[C@@H](C)/C=C/O[C@@]2(C)Oc3c(C)c(O)c4c(c3C2=O)C2=NC3(CCN(CC(C)C)CC3)NC2=C(NC(=O)/C(C)=C\C=C\[C@@H]1C)C4=O. The highest BCUT2D eigenvalue weighted by molar-refractivity contribution is 7.53. The molecule has 6 aliphatic rings. The summed E-state index contributed by atoms with van der Waals surface area (Å²) in [6, 6.07) is 4.98. The van der Waals surface area contributed by atoms with Crippen molar-refractivity contribution in [3.8, 4) is 17.2 Å². The van der Waals surface area contributed by atoms with Gasteiger partial charge in [0.05, 0.1) is 41.5 Å². The molecule has 8 rings (SSSR count). The van der Waals surface area contributed by atoms with Gasteiger partial charge in [-0.25, -0.2) is 4.79 Å². The van der Waals surface area contributed by atoms with Gasteiger partial charge in [0.2, 0.25) is 18.5 Å². The van der Waals surface area contributed by atoms with Crippen molar-refractivity contribution in [3.63, 3.8) is 0 Å². The van der Waals surface area contributed by atoms with Crippen molar-refractivity contribution in [1.29, 1.82) is 0 Å². The molecule has 2 aromatic carbocycles. The van der Waals surface area contributed by atoms with E-state index >= 15 is 4.79 Å². The van der Waals surface area contributed by atoms with E-state index in [1.807, 2.05) is 27.7 Å². The van der Waals surface area contributed by atoms with Crippen LogP contribution in [0.4, 0.5) is 4.79 Å². The zero-order chi connectivity index (χ0) is 68.6. The van der Waals surface area contributed by atoms with E-state index in [-0.39, 0.29) is 107 Å². The Hall–Kier alpha value is -7.70. The van der Waals surface area contributed by atoms with Crippen LogP contribution in [0.1, 0.15) is 146 Å². The maximum Gasteiger partial charge on any atom is 0.410 e. The number of carbonyl (C=O) groups is 8. The van der Waals surface area contributed by atoms with Gasteiger partial charge >= 0.3 is 31.4 Å². The summed E-state index contributed by atoms with van der Waals surface area (Å²) in [5.41, 5.74) is -1.49. The first-order valence-electron chi connectivity index (χ1n) is 31.7. The number of fused-ring (bicyclic) bond motifs is 13. The normalized spacial score (nSPS) is 26.8. The Bertz CT molecular complexity index is 3380. The van der Waals surface area contributed by atoms with E-state index in [9.17, 15) is 58.1 Å². The Morgan fingerprint density at radius 1 is 0.914 bits per heavy atom. The van der Waals surface area contributed by atoms with Gasteiger partial charge in [-0.2, -0.15) is 0 Å². The molecule has 1 fully saturated rings. The van der Waals surface area contributed by atoms with Crippen LogP contribution in [0.5, 0.6) is 17.2 Å². The number of aromatic hydroxyl groups is 1. The molecule has 1 aliphatic carbocycles. The molecule has 0 saturated carbocycles. The molecule has 7 N–H and O–H groups in total. The maximum absolute atomic E-state index is 15.0. The fourth-order valence-corrected chi connectivity index (χ4v) is 13.0. The molecule has 26 heteroatoms. The standard InChI is InChI=1S/C67H91N6O19P/c1-14-49(75)88-35-89-65(83)68-48(31-45-20-22-46(23-21-45)87-29-16-19-47(34-74)93(84,85)86)64(82)72(13)33-50(76)91-60-38(5)17-15-18-39(6)63(81)69-56-55-54(70-67(71-55)25-27-73(28-26-67)32-36(2)3)51-52(59(56)79)58(78)44(11)61-53(51)62(80)66(12,92-61)90-30-24-37(4)40(7)41(8)42(9)57(77)43(60)10/h15,17-18,20-24,30,34,36-38,40-43,47-48,57,60,71,77-78H,14,16,19,25-29,31-33,35H2,1-13H3,(H,68,83)(H,69,81)(H2,84,85,86)/b17-15+,30-24+,39-18-/t37-,38-,40+,41+,42-,43-,47?,48-,57-,60-,66-/m0/s1. The Kier molecular flexibility index (Phi) is 23.9. The first-order valence-corrected chi connectivity index (χ1v) is 33.4. The number of ketones is 2. The molecule has 2 aromatic rings. The Balaban J connectivity index is 1.17. The van der Waals surface area contributed by atoms with E-state index in [2.05, 4.69) is 34.7 Å². The van der Waals surface area contributed by atoms with Crippen LogP contribution in [0.25, 0.3) is 0 Å². The second-order valence-electron chi connectivity index (χ2n) is 25.9. The summed E-state index contributed by atoms with van der Waals surface area (Å²) >= 11 is 0. The number of aliphatic hydroxyl groups is 1. The number of phenols is 1. The van der Waals surface area contributed by atoms with Gasteiger partial charge in [-0.15, -0.1) is 0 Å². The van der Waals surface area contributed by atoms with E-state index in [0.717, 1.165) is 11.4 Å². The number of nitrogens with zero attached hydrogens (tertiary/aromatic N) is 3. The summed E-state index contributed by atoms with van der Waals surface area (Å²) in [4.78, 5) is 137. The number of aliphatic imine (C=N–C) groups is 1. The first kappa shape index (κ1) is 72.7. The molecule has 5 bridgehead atoms. The number of rotatable bonds is 19. The molecule has 0 aromatic heterocycles. The van der Waals surface area contributed by atoms with E-state index < -0.39 is 121 Å². The predicted molar refractivity (Wildman–Crippen MR) is 342 cm³/mol. The molecule has 1 unspecified atom stereocenters. The number of allylic oxidation sites excluding steroid dienone is 5. The number of amides is 3. The van der Waals surface area contributed by atoms with Crippen molar-refractivity contribution >= 4 is 61.0 Å². The Morgan fingerprint density at radius 2 is 1.59 bits per heavy atom. The highest BCUT2D eigenvalue weighted by atomic mass is 31.2. The minimum Gasteiger partial charge on any atom is -0.507 e. The third kappa shape index (κ3) is 17.0. The van der Waals surface area contributed by atoms with Crippen LogP contribution in [-0.2, 0) is 53.9 Å². The molecule has 508 valence electrons. The summed E-state index contributed by atoms with van der Waals surface area (Å²) in [7, 11) is -3.29. The number of phenolic OH excluding ortho intramolecular Hbond substituents is 1. The number of likely N-dealkylation sites (tertiary alicyclic amines) is 1. The van der Waals surface area contributed by atoms with Gasteiger partial charge in [0.15, 0.2) is 0 Å². The summed E-state index contributed by atoms with van der Waals surface area (Å²) in [5.74, 6) is -8.27. The van der Waals surface area contributed by atoms with Crippen molar-refractivity contribution in [2.24, 2.45) is 46.4 Å². The zero-order valence-electron chi connectivity index (χ0n) is 55.3. The van der Waals surface area contributed by atoms with Gasteiger partial charge in [-0.05, 0) is 80.1 Å². The molecule has 1 saturated heterocycles. The monoisotopic (exact) mass is 1310 g/mol. The highest BCUT2D eigenvalue weighted by Gasteiger charge is 2.54. The molecule has 5 aliphatic heterocycles. The van der Waals surface area contributed by atoms with Gasteiger partial charge in [-0.1, -0.05) is 92.7 Å². The molecule has 5 heterocycles. The largest absolute Gasteiger partial charge is 0.507 e. The molecule has 1 spiro atoms. The molecule has 25 nitrogen and oxygen atoms in total. The zero-order valence-corrected chi connectivity index (χ0v) is 56.2. The topological polar surface area (TPSA) is 345 Å². The quantitative estimate of drug-likeness (QED) is 0.0242. The van der Waals surface area contributed by atoms with Crippen LogP contribution >= 0.6 is 7.60 Å². The van der Waals surface area contributed by atoms with Gasteiger partial charge in [0.25, 0.3) is 11.7 Å². The lowest BCUT2D eigenvalue weighted by atomic mass is 9.72. The van der Waals surface area contributed by atoms with Crippen LogP contribution in [0.2, 0.25) is 0 Å². The molecular formula is C67H91N6O19P. The molecule has 3 amide bonds. The van der Waals surface area contributed by atoms with Gasteiger partial charge in [-0.3, -0.25) is 38.3 Å². The van der Waals surface area contributed by atoms with E-state index in [0.29, 0.717) is 43.2 Å². The van der Waals surface area contributed by atoms with Crippen molar-refractivity contribution in [2.75, 3.05) is 46.6 Å². The molecule has 11 atom stereocenters. The number of alkyl carbamates (subject to hydrolysis) is 1. The second-order valence-corrected chi connectivity index (χ2v) is 27.7. The van der Waals surface area contributed by atoms with Gasteiger partial charge in [0.1, 0.15) is 59.2 Å². The van der Waals surface area contributed by atoms with Crippen molar-refractivity contribution in [1.82, 2.24) is 25.8 Å². The van der Waals surface area contributed by atoms with Crippen molar-refractivity contribution in [3.05, 3.63) is 99.6 Å². The third-order valence-electron chi connectivity index (χ3n) is 18.6. The lowest BCUT2D eigenvalue weighted by Gasteiger charge is -2.38. The van der Waals surface area contributed by atoms with Crippen LogP contribution in [0, 0.1) is 48.3 Å². The predicted octanol–water partition coefficient (Wildman–Crippen LogP) is 7.10. The van der Waals surface area contributed by atoms with Crippen LogP contribution in [-0.4, -0.2) is 165 Å². The summed E-state index contributed by atoms with van der Waals surface area (Å²) < 4.78 is 46.0. The lowest BCUT2D eigenvalue weighted by Crippen LogP contribution is -2.50. The van der Waals surface area contributed by atoms with E-state index in [4.69, 9.17) is 33.4 Å². The van der Waals surface area contributed by atoms with Crippen molar-refractivity contribution in [2.45, 2.75) is 157 Å². The number of hydrogen-bond acceptors (Lipinski definition) is 20. The number of esters is 2. The van der Waals surface area contributed by atoms with Crippen LogP contribution < -0.4 is 25.4 Å². The average molecular weight is 1320 g/mol. The number of aliphatic hydroxyl groups excluding tert-OH is 1. The van der Waals surface area contributed by atoms with Gasteiger partial charge < -0.3 is 79.0 Å². The number of nitrogens with one attached hydrogen (secondary N) is 3. The average Bonchev–Trinajstić information content (AvgIpc) is 1.58. The Labute approximate surface area is 542 Å². The minimum atomic E-state index is -4.61. The maximum atomic E-state index is 15.0. The number of likely N-dealkylation sites (N-methyl/N-ethyl adjacent to an activating group) is 1. The number of Topliss-reactive ketones (excluding diaryl/α,β-unsaturated/α-hetero) is 2. The Morgan fingerprint density at radius 3 is 2.23 bits per heavy atom. The highest BCUT2D eigenvalue weighted by Crippen LogP contribution is 2.51. The summed E-state index contributed by atoms with van der Waals surface area (Å²) in [6.45, 7) is 22.6. The number of aldehydes is 1. The number of carbonyl (C=O) groups excluding carboxylic acids is 8. The first-order chi connectivity index (χ1) is 43.7. The van der Waals surface area contributed by atoms with E-state index in [1.54, 1.807) is 63.3 Å². The smallest absolute Gasteiger partial charge is 0.410 e. The van der Waals surface area contributed by atoms with Crippen molar-refractivity contribution < 1.29 is 91.3 Å². The number of ether oxygens (including phenoxy) is 6. The summed E-state index contributed by atoms with van der Waals surface area (Å²) in [6.07, 6.45) is 5.91. The lowest BCUT2D eigenvalue weighted by molar-refractivity contribution is -0.161. The third-order valence-corrected chi connectivity index (χ3v) is 19.8. The van der Waals surface area contributed by atoms with E-state index in [1.165, 1.54) is 40.2 Å². The minimum absolute atomic E-state index is 0.0118. The van der Waals surface area contributed by atoms with Gasteiger partial charge in [0, 0.05) is 87.8 Å². The molecule has 93 heavy (non-hydrogen) atoms. The fraction of sp³-hybridized carbons (Fsp3) is 0.567. The van der Waals surface area contributed by atoms with Crippen LogP contribution in [0.15, 0.2) is 76.8 Å². The summed E-state index contributed by atoms with van der Waals surface area (Å²) in [5, 5.41) is 33.1. The number of benzene rings is 2. The molecular weight excluding hydrogens is 1220 g/mol.